The Morgan fingerprint density at radius 1 is 1.06 bits per heavy atom. The van der Waals surface area contributed by atoms with Crippen molar-refractivity contribution < 1.29 is 4.39 Å². The van der Waals surface area contributed by atoms with E-state index in [1.54, 1.807) is 23.1 Å². The van der Waals surface area contributed by atoms with Gasteiger partial charge in [-0.25, -0.2) is 18.7 Å². The van der Waals surface area contributed by atoms with Crippen LogP contribution in [0.25, 0.3) is 16.6 Å². The zero-order chi connectivity index (χ0) is 25.2. The lowest BCUT2D eigenvalue weighted by Crippen LogP contribution is -2.27. The molecule has 1 unspecified atom stereocenters. The molecule has 0 aliphatic heterocycles. The average Bonchev–Trinajstić information content (AvgIpc) is 3.51. The van der Waals surface area contributed by atoms with Gasteiger partial charge in [-0.1, -0.05) is 6.07 Å². The van der Waals surface area contributed by atoms with Crippen LogP contribution in [0.1, 0.15) is 49.6 Å². The molecule has 36 heavy (non-hydrogen) atoms. The van der Waals surface area contributed by atoms with Crippen LogP contribution in [0.15, 0.2) is 53.6 Å². The van der Waals surface area contributed by atoms with Crippen molar-refractivity contribution in [1.82, 2.24) is 24.2 Å². The normalized spacial score (nSPS) is 17.7. The number of anilines is 2. The monoisotopic (exact) mass is 486 g/mol. The molecule has 186 valence electrons. The molecule has 0 radical (unpaired) electrons. The predicted octanol–water partition coefficient (Wildman–Crippen LogP) is 4.89. The lowest BCUT2D eigenvalue weighted by atomic mass is 10.1. The standard InChI is InChI=1S/C28H31FN6O/c1-28(2,29)25-14-21(9-10-30-25)34-24-15-26(31-16-23(24)27(36)35(34)20-7-8-20)32-19-6-5-17-12-22(33(3)4)13-18(17)11-19/h5-6,9-11,14-16,20,22H,7-8,12-13H2,1-4H3,(H,31,32). The molecule has 1 fully saturated rings. The largest absolute Gasteiger partial charge is 0.340 e. The maximum absolute atomic E-state index is 14.7. The summed E-state index contributed by atoms with van der Waals surface area (Å²) in [6, 6.07) is 12.6. The number of aromatic nitrogens is 4. The van der Waals surface area contributed by atoms with E-state index in [0.717, 1.165) is 36.9 Å². The Morgan fingerprint density at radius 3 is 2.56 bits per heavy atom. The van der Waals surface area contributed by atoms with Gasteiger partial charge in [-0.15, -0.1) is 0 Å². The summed E-state index contributed by atoms with van der Waals surface area (Å²) < 4.78 is 18.4. The predicted molar refractivity (Wildman–Crippen MR) is 140 cm³/mol. The van der Waals surface area contributed by atoms with Crippen molar-refractivity contribution in [2.24, 2.45) is 0 Å². The van der Waals surface area contributed by atoms with Gasteiger partial charge >= 0.3 is 0 Å². The van der Waals surface area contributed by atoms with Gasteiger partial charge in [0.15, 0.2) is 0 Å². The number of pyridine rings is 2. The zero-order valence-corrected chi connectivity index (χ0v) is 21.1. The number of likely N-dealkylation sites (N-methyl/N-ethyl adjacent to an activating group) is 1. The first-order valence-electron chi connectivity index (χ1n) is 12.5. The van der Waals surface area contributed by atoms with Gasteiger partial charge in [0.1, 0.15) is 11.5 Å². The Morgan fingerprint density at radius 2 is 1.83 bits per heavy atom. The second kappa shape index (κ2) is 8.27. The van der Waals surface area contributed by atoms with Crippen molar-refractivity contribution in [2.45, 2.75) is 57.3 Å². The van der Waals surface area contributed by atoms with Gasteiger partial charge in [0.25, 0.3) is 5.56 Å². The van der Waals surface area contributed by atoms with E-state index in [9.17, 15) is 9.18 Å². The summed E-state index contributed by atoms with van der Waals surface area (Å²) in [7, 11) is 4.25. The molecule has 3 aromatic heterocycles. The van der Waals surface area contributed by atoms with Crippen molar-refractivity contribution >= 4 is 22.4 Å². The molecule has 1 aromatic carbocycles. The van der Waals surface area contributed by atoms with Crippen LogP contribution in [-0.2, 0) is 18.5 Å². The summed E-state index contributed by atoms with van der Waals surface area (Å²) in [4.78, 5) is 24.4. The second-order valence-electron chi connectivity index (χ2n) is 10.8. The van der Waals surface area contributed by atoms with Crippen LogP contribution >= 0.6 is 0 Å². The minimum Gasteiger partial charge on any atom is -0.340 e. The Hall–Kier alpha value is -3.52. The number of nitrogens with one attached hydrogen (secondary N) is 1. The molecule has 0 saturated heterocycles. The summed E-state index contributed by atoms with van der Waals surface area (Å²) in [5, 5.41) is 3.99. The van der Waals surface area contributed by atoms with E-state index in [1.165, 1.54) is 25.0 Å². The van der Waals surface area contributed by atoms with E-state index < -0.39 is 5.67 Å². The second-order valence-corrected chi connectivity index (χ2v) is 10.8. The third kappa shape index (κ3) is 3.99. The highest BCUT2D eigenvalue weighted by molar-refractivity contribution is 5.83. The first-order valence-corrected chi connectivity index (χ1v) is 12.5. The quantitative estimate of drug-likeness (QED) is 0.420. The number of nitrogens with zero attached hydrogens (tertiary/aromatic N) is 5. The SMILES string of the molecule is CN(C)C1Cc2ccc(Nc3cc4c(cn3)c(=O)n(C3CC3)n4-c3ccnc(C(C)(C)F)c3)cc2C1. The van der Waals surface area contributed by atoms with Crippen molar-refractivity contribution in [3.63, 3.8) is 0 Å². The molecule has 1 saturated carbocycles. The number of hydrogen-bond donors (Lipinski definition) is 1. The van der Waals surface area contributed by atoms with Gasteiger partial charge in [0.05, 0.1) is 28.3 Å². The lowest BCUT2D eigenvalue weighted by molar-refractivity contribution is 0.214. The minimum atomic E-state index is -1.59. The molecule has 0 spiro atoms. The first-order chi connectivity index (χ1) is 17.2. The summed E-state index contributed by atoms with van der Waals surface area (Å²) in [6.07, 6.45) is 7.24. The molecule has 0 amide bonds. The highest BCUT2D eigenvalue weighted by Crippen LogP contribution is 2.37. The van der Waals surface area contributed by atoms with Crippen LogP contribution in [0.4, 0.5) is 15.9 Å². The van der Waals surface area contributed by atoms with Gasteiger partial charge in [0, 0.05) is 30.2 Å². The van der Waals surface area contributed by atoms with E-state index in [2.05, 4.69) is 52.5 Å². The minimum absolute atomic E-state index is 0.0725. The Balaban J connectivity index is 1.41. The molecule has 2 aliphatic carbocycles. The molecule has 4 aromatic rings. The number of halogens is 1. The lowest BCUT2D eigenvalue weighted by Gasteiger charge is -2.17. The first kappa shape index (κ1) is 22.9. The summed E-state index contributed by atoms with van der Waals surface area (Å²) >= 11 is 0. The third-order valence-electron chi connectivity index (χ3n) is 7.37. The fourth-order valence-corrected chi connectivity index (χ4v) is 5.16. The van der Waals surface area contributed by atoms with Crippen molar-refractivity contribution in [3.8, 4) is 5.69 Å². The number of rotatable bonds is 6. The molecule has 7 nitrogen and oxygen atoms in total. The van der Waals surface area contributed by atoms with E-state index in [4.69, 9.17) is 0 Å². The van der Waals surface area contributed by atoms with Crippen molar-refractivity contribution in [2.75, 3.05) is 19.4 Å². The Kier molecular flexibility index (Phi) is 5.26. The van der Waals surface area contributed by atoms with Crippen LogP contribution in [0.3, 0.4) is 0 Å². The highest BCUT2D eigenvalue weighted by Gasteiger charge is 2.31. The number of fused-ring (bicyclic) bond motifs is 2. The van der Waals surface area contributed by atoms with Gasteiger partial charge in [-0.05, 0) is 89.0 Å². The third-order valence-corrected chi connectivity index (χ3v) is 7.37. The van der Waals surface area contributed by atoms with E-state index in [-0.39, 0.29) is 11.6 Å². The summed E-state index contributed by atoms with van der Waals surface area (Å²) in [6.45, 7) is 2.98. The van der Waals surface area contributed by atoms with Gasteiger partial charge in [0.2, 0.25) is 0 Å². The zero-order valence-electron chi connectivity index (χ0n) is 21.1. The van der Waals surface area contributed by atoms with E-state index >= 15 is 0 Å². The van der Waals surface area contributed by atoms with Crippen LogP contribution in [0.5, 0.6) is 0 Å². The molecule has 8 heteroatoms. The van der Waals surface area contributed by atoms with Crippen LogP contribution < -0.4 is 10.9 Å². The van der Waals surface area contributed by atoms with E-state index in [1.807, 2.05) is 16.8 Å². The fourth-order valence-electron chi connectivity index (χ4n) is 5.16. The smallest absolute Gasteiger partial charge is 0.276 e. The highest BCUT2D eigenvalue weighted by atomic mass is 19.1. The molecule has 2 aliphatic rings. The summed E-state index contributed by atoms with van der Waals surface area (Å²) in [5.74, 6) is 0.659. The van der Waals surface area contributed by atoms with Gasteiger partial charge < -0.3 is 10.2 Å². The Bertz CT molecular complexity index is 1530. The van der Waals surface area contributed by atoms with Gasteiger partial charge in [-0.3, -0.25) is 9.78 Å². The van der Waals surface area contributed by atoms with Crippen LogP contribution in [0, 0.1) is 0 Å². The maximum Gasteiger partial charge on any atom is 0.276 e. The molecular weight excluding hydrogens is 455 g/mol. The van der Waals surface area contributed by atoms with E-state index in [0.29, 0.717) is 28.6 Å². The molecule has 1 N–H and O–H groups in total. The molecule has 6 rings (SSSR count). The van der Waals surface area contributed by atoms with Crippen molar-refractivity contribution in [1.29, 1.82) is 0 Å². The fraction of sp³-hybridized carbons (Fsp3) is 0.393. The molecule has 0 bridgehead atoms. The Labute approximate surface area is 209 Å². The average molecular weight is 487 g/mol. The molecule has 1 atom stereocenters. The molecular formula is C28H31FN6O. The maximum atomic E-state index is 14.7. The van der Waals surface area contributed by atoms with Crippen LogP contribution in [-0.4, -0.2) is 44.4 Å². The van der Waals surface area contributed by atoms with Gasteiger partial charge in [-0.2, -0.15) is 0 Å². The van der Waals surface area contributed by atoms with Crippen molar-refractivity contribution in [3.05, 3.63) is 76.0 Å². The molecule has 3 heterocycles. The number of hydrogen-bond acceptors (Lipinski definition) is 5. The van der Waals surface area contributed by atoms with Crippen LogP contribution in [0.2, 0.25) is 0 Å². The number of alkyl halides is 1. The summed E-state index contributed by atoms with van der Waals surface area (Å²) in [5.41, 5.74) is 3.85. The number of benzene rings is 1. The topological polar surface area (TPSA) is 68.0 Å².